The molecule has 1 aromatic rings. The molecule has 0 spiro atoms. The van der Waals surface area contributed by atoms with E-state index in [1.165, 1.54) is 30.4 Å². The zero-order chi connectivity index (χ0) is 16.9. The molecule has 140 valence electrons. The maximum absolute atomic E-state index is 12.9. The van der Waals surface area contributed by atoms with Crippen molar-refractivity contribution in [3.63, 3.8) is 0 Å². The van der Waals surface area contributed by atoms with Gasteiger partial charge in [-0.1, -0.05) is 36.8 Å². The SMILES string of the molecule is Cc1ccc(C2C(C)CCCN2C(=O)CCC2CCNCC2)cc1.Cl. The number of carbonyl (C=O) groups is 1. The van der Waals surface area contributed by atoms with Gasteiger partial charge in [-0.25, -0.2) is 0 Å². The standard InChI is InChI=1S/C21H32N2O.ClH/c1-16-5-8-19(9-6-16)21-17(2)4-3-15-23(21)20(24)10-7-18-11-13-22-14-12-18;/h5-6,8-9,17-18,21-22H,3-4,7,10-15H2,1-2H3;1H. The van der Waals surface area contributed by atoms with Crippen LogP contribution in [0.25, 0.3) is 0 Å². The van der Waals surface area contributed by atoms with Crippen molar-refractivity contribution in [2.24, 2.45) is 11.8 Å². The number of likely N-dealkylation sites (tertiary alicyclic amines) is 1. The maximum Gasteiger partial charge on any atom is 0.223 e. The number of nitrogens with one attached hydrogen (secondary N) is 1. The molecule has 2 saturated heterocycles. The van der Waals surface area contributed by atoms with E-state index in [0.717, 1.165) is 44.8 Å². The van der Waals surface area contributed by atoms with Crippen LogP contribution in [-0.2, 0) is 4.79 Å². The molecule has 0 saturated carbocycles. The molecule has 0 aromatic heterocycles. The van der Waals surface area contributed by atoms with Crippen LogP contribution >= 0.6 is 12.4 Å². The van der Waals surface area contributed by atoms with Gasteiger partial charge < -0.3 is 10.2 Å². The maximum atomic E-state index is 12.9. The number of carbonyl (C=O) groups excluding carboxylic acids is 1. The van der Waals surface area contributed by atoms with Gasteiger partial charge in [0.05, 0.1) is 6.04 Å². The van der Waals surface area contributed by atoms with Crippen LogP contribution in [0.1, 0.15) is 62.6 Å². The van der Waals surface area contributed by atoms with Crippen molar-refractivity contribution in [3.05, 3.63) is 35.4 Å². The molecule has 1 N–H and O–H groups in total. The van der Waals surface area contributed by atoms with E-state index >= 15 is 0 Å². The van der Waals surface area contributed by atoms with E-state index in [1.807, 2.05) is 0 Å². The molecule has 2 atom stereocenters. The summed E-state index contributed by atoms with van der Waals surface area (Å²) in [6, 6.07) is 9.05. The number of piperidine rings is 2. The highest BCUT2D eigenvalue weighted by Crippen LogP contribution is 2.36. The lowest BCUT2D eigenvalue weighted by atomic mass is 9.85. The van der Waals surface area contributed by atoms with Crippen LogP contribution in [0, 0.1) is 18.8 Å². The lowest BCUT2D eigenvalue weighted by molar-refractivity contribution is -0.137. The third kappa shape index (κ3) is 5.21. The van der Waals surface area contributed by atoms with Gasteiger partial charge in [-0.3, -0.25) is 4.79 Å². The summed E-state index contributed by atoms with van der Waals surface area (Å²) >= 11 is 0. The van der Waals surface area contributed by atoms with Gasteiger partial charge in [0, 0.05) is 13.0 Å². The van der Waals surface area contributed by atoms with Gasteiger partial charge in [-0.2, -0.15) is 0 Å². The molecular formula is C21H33ClN2O. The molecule has 0 aliphatic carbocycles. The average Bonchev–Trinajstić information content (AvgIpc) is 2.61. The monoisotopic (exact) mass is 364 g/mol. The highest BCUT2D eigenvalue weighted by molar-refractivity contribution is 5.85. The second kappa shape index (κ2) is 9.59. The molecule has 0 bridgehead atoms. The molecule has 3 rings (SSSR count). The first-order valence-corrected chi connectivity index (χ1v) is 9.72. The fourth-order valence-corrected chi connectivity index (χ4v) is 4.38. The summed E-state index contributed by atoms with van der Waals surface area (Å²) in [5.41, 5.74) is 2.59. The molecule has 2 heterocycles. The lowest BCUT2D eigenvalue weighted by Crippen LogP contribution is -2.42. The van der Waals surface area contributed by atoms with Crippen molar-refractivity contribution >= 4 is 18.3 Å². The lowest BCUT2D eigenvalue weighted by Gasteiger charge is -2.41. The molecule has 2 unspecified atom stereocenters. The van der Waals surface area contributed by atoms with Crippen LogP contribution in [0.5, 0.6) is 0 Å². The van der Waals surface area contributed by atoms with Crippen molar-refractivity contribution in [3.8, 4) is 0 Å². The second-order valence-electron chi connectivity index (χ2n) is 7.79. The Kier molecular flexibility index (Phi) is 7.77. The summed E-state index contributed by atoms with van der Waals surface area (Å²) < 4.78 is 0. The number of amides is 1. The Balaban J connectivity index is 0.00000225. The molecule has 2 fully saturated rings. The van der Waals surface area contributed by atoms with Crippen LogP contribution in [-0.4, -0.2) is 30.4 Å². The van der Waals surface area contributed by atoms with Gasteiger partial charge >= 0.3 is 0 Å². The first kappa shape index (κ1) is 20.3. The summed E-state index contributed by atoms with van der Waals surface area (Å²) in [6.45, 7) is 7.58. The quantitative estimate of drug-likeness (QED) is 0.853. The first-order chi connectivity index (χ1) is 11.6. The zero-order valence-corrected chi connectivity index (χ0v) is 16.5. The molecular weight excluding hydrogens is 332 g/mol. The van der Waals surface area contributed by atoms with Crippen LogP contribution in [0.2, 0.25) is 0 Å². The van der Waals surface area contributed by atoms with Crippen LogP contribution in [0.4, 0.5) is 0 Å². The van der Waals surface area contributed by atoms with Gasteiger partial charge in [0.2, 0.25) is 5.91 Å². The highest BCUT2D eigenvalue weighted by Gasteiger charge is 2.32. The number of halogens is 1. The van der Waals surface area contributed by atoms with Crippen LogP contribution in [0.3, 0.4) is 0 Å². The number of hydrogen-bond acceptors (Lipinski definition) is 2. The average molecular weight is 365 g/mol. The fraction of sp³-hybridized carbons (Fsp3) is 0.667. The summed E-state index contributed by atoms with van der Waals surface area (Å²) in [6.07, 6.45) is 6.60. The second-order valence-corrected chi connectivity index (χ2v) is 7.79. The third-order valence-electron chi connectivity index (χ3n) is 5.90. The van der Waals surface area contributed by atoms with E-state index in [0.29, 0.717) is 11.8 Å². The summed E-state index contributed by atoms with van der Waals surface area (Å²) in [4.78, 5) is 15.1. The molecule has 1 amide bonds. The largest absolute Gasteiger partial charge is 0.335 e. The minimum Gasteiger partial charge on any atom is -0.335 e. The molecule has 3 nitrogen and oxygen atoms in total. The predicted molar refractivity (Wildman–Crippen MR) is 106 cm³/mol. The minimum atomic E-state index is 0. The van der Waals surface area contributed by atoms with Gasteiger partial charge in [-0.15, -0.1) is 12.4 Å². The minimum absolute atomic E-state index is 0. The third-order valence-corrected chi connectivity index (χ3v) is 5.90. The molecule has 25 heavy (non-hydrogen) atoms. The Bertz CT molecular complexity index is 539. The Morgan fingerprint density at radius 2 is 1.84 bits per heavy atom. The Hall–Kier alpha value is -1.06. The normalized spacial score (nSPS) is 24.6. The molecule has 1 aromatic carbocycles. The van der Waals surface area contributed by atoms with Crippen molar-refractivity contribution in [1.29, 1.82) is 0 Å². The number of hydrogen-bond donors (Lipinski definition) is 1. The van der Waals surface area contributed by atoms with Gasteiger partial charge in [0.1, 0.15) is 0 Å². The van der Waals surface area contributed by atoms with E-state index in [-0.39, 0.29) is 18.4 Å². The summed E-state index contributed by atoms with van der Waals surface area (Å²) in [5.74, 6) is 1.64. The number of aryl methyl sites for hydroxylation is 1. The summed E-state index contributed by atoms with van der Waals surface area (Å²) in [5, 5.41) is 3.41. The molecule has 2 aliphatic heterocycles. The van der Waals surface area contributed by atoms with E-state index in [2.05, 4.69) is 48.3 Å². The van der Waals surface area contributed by atoms with Gasteiger partial charge in [-0.05, 0) is 69.5 Å². The van der Waals surface area contributed by atoms with Gasteiger partial charge in [0.15, 0.2) is 0 Å². The van der Waals surface area contributed by atoms with Crippen molar-refractivity contribution in [2.45, 2.75) is 58.4 Å². The summed E-state index contributed by atoms with van der Waals surface area (Å²) in [7, 11) is 0. The predicted octanol–water partition coefficient (Wildman–Crippen LogP) is 4.50. The molecule has 2 aliphatic rings. The molecule has 4 heteroatoms. The Labute approximate surface area is 159 Å². The smallest absolute Gasteiger partial charge is 0.223 e. The van der Waals surface area contributed by atoms with Crippen LogP contribution in [0.15, 0.2) is 24.3 Å². The van der Waals surface area contributed by atoms with Crippen molar-refractivity contribution in [1.82, 2.24) is 10.2 Å². The van der Waals surface area contributed by atoms with Crippen molar-refractivity contribution < 1.29 is 4.79 Å². The Morgan fingerprint density at radius 1 is 1.16 bits per heavy atom. The zero-order valence-electron chi connectivity index (χ0n) is 15.7. The van der Waals surface area contributed by atoms with Gasteiger partial charge in [0.25, 0.3) is 0 Å². The van der Waals surface area contributed by atoms with Crippen molar-refractivity contribution in [2.75, 3.05) is 19.6 Å². The number of rotatable bonds is 4. The van der Waals surface area contributed by atoms with E-state index in [1.54, 1.807) is 0 Å². The highest BCUT2D eigenvalue weighted by atomic mass is 35.5. The number of benzene rings is 1. The fourth-order valence-electron chi connectivity index (χ4n) is 4.38. The number of nitrogens with zero attached hydrogens (tertiary/aromatic N) is 1. The first-order valence-electron chi connectivity index (χ1n) is 9.72. The van der Waals surface area contributed by atoms with Crippen LogP contribution < -0.4 is 5.32 Å². The Morgan fingerprint density at radius 3 is 2.52 bits per heavy atom. The van der Waals surface area contributed by atoms with E-state index in [9.17, 15) is 4.79 Å². The topological polar surface area (TPSA) is 32.3 Å². The van der Waals surface area contributed by atoms with E-state index in [4.69, 9.17) is 0 Å². The molecule has 0 radical (unpaired) electrons. The van der Waals surface area contributed by atoms with E-state index < -0.39 is 0 Å².